The van der Waals surface area contributed by atoms with E-state index in [1.807, 2.05) is 30.3 Å². The first-order valence-corrected chi connectivity index (χ1v) is 8.21. The molecule has 2 aromatic carbocycles. The second-order valence-electron chi connectivity index (χ2n) is 4.63. The standard InChI is InChI=1S/C15H13N3O2S/c1-21(19,20)14-9-7-12(8-10-14)15-16-11-17-18(15)13-5-3-2-4-6-13/h2-11H,1H3. The highest BCUT2D eigenvalue weighted by Crippen LogP contribution is 2.21. The number of aromatic nitrogens is 3. The van der Waals surface area contributed by atoms with E-state index in [1.165, 1.54) is 12.6 Å². The van der Waals surface area contributed by atoms with E-state index in [2.05, 4.69) is 10.1 Å². The maximum atomic E-state index is 11.5. The van der Waals surface area contributed by atoms with Gasteiger partial charge in [-0.1, -0.05) is 18.2 Å². The predicted octanol–water partition coefficient (Wildman–Crippen LogP) is 2.34. The number of nitrogens with zero attached hydrogens (tertiary/aromatic N) is 3. The summed E-state index contributed by atoms with van der Waals surface area (Å²) >= 11 is 0. The van der Waals surface area contributed by atoms with E-state index in [0.29, 0.717) is 5.82 Å². The van der Waals surface area contributed by atoms with Gasteiger partial charge < -0.3 is 0 Å². The second kappa shape index (κ2) is 5.14. The van der Waals surface area contributed by atoms with Gasteiger partial charge in [-0.15, -0.1) is 0 Å². The Morgan fingerprint density at radius 1 is 0.952 bits per heavy atom. The number of hydrogen-bond donors (Lipinski definition) is 0. The van der Waals surface area contributed by atoms with Gasteiger partial charge in [0.25, 0.3) is 0 Å². The monoisotopic (exact) mass is 299 g/mol. The average molecular weight is 299 g/mol. The molecule has 3 rings (SSSR count). The molecular weight excluding hydrogens is 286 g/mol. The number of rotatable bonds is 3. The van der Waals surface area contributed by atoms with Crippen molar-refractivity contribution in [3.8, 4) is 17.1 Å². The van der Waals surface area contributed by atoms with Crippen LogP contribution in [0.15, 0.2) is 65.8 Å². The van der Waals surface area contributed by atoms with Gasteiger partial charge in [0, 0.05) is 11.8 Å². The molecule has 1 heterocycles. The van der Waals surface area contributed by atoms with Crippen LogP contribution in [0.25, 0.3) is 17.1 Å². The normalized spacial score (nSPS) is 11.5. The summed E-state index contributed by atoms with van der Waals surface area (Å²) in [6.07, 6.45) is 2.67. The molecule has 1 aromatic heterocycles. The van der Waals surface area contributed by atoms with E-state index in [4.69, 9.17) is 0 Å². The van der Waals surface area contributed by atoms with Crippen molar-refractivity contribution in [1.82, 2.24) is 14.8 Å². The summed E-state index contributed by atoms with van der Waals surface area (Å²) in [5.74, 6) is 0.668. The highest BCUT2D eigenvalue weighted by Gasteiger charge is 2.11. The van der Waals surface area contributed by atoms with Crippen LogP contribution in [0.1, 0.15) is 0 Å². The summed E-state index contributed by atoms with van der Waals surface area (Å²) < 4.78 is 24.7. The molecule has 5 nitrogen and oxygen atoms in total. The van der Waals surface area contributed by atoms with E-state index in [1.54, 1.807) is 28.9 Å². The third-order valence-corrected chi connectivity index (χ3v) is 4.22. The zero-order chi connectivity index (χ0) is 14.9. The summed E-state index contributed by atoms with van der Waals surface area (Å²) in [4.78, 5) is 4.55. The Balaban J connectivity index is 2.05. The molecule has 3 aromatic rings. The highest BCUT2D eigenvalue weighted by atomic mass is 32.2. The van der Waals surface area contributed by atoms with Crippen LogP contribution >= 0.6 is 0 Å². The molecule has 21 heavy (non-hydrogen) atoms. The van der Waals surface area contributed by atoms with Crippen molar-refractivity contribution in [3.63, 3.8) is 0 Å². The molecule has 0 saturated heterocycles. The minimum absolute atomic E-state index is 0.289. The van der Waals surface area contributed by atoms with E-state index < -0.39 is 9.84 Å². The van der Waals surface area contributed by atoms with Crippen LogP contribution < -0.4 is 0 Å². The van der Waals surface area contributed by atoms with Gasteiger partial charge in [-0.3, -0.25) is 0 Å². The lowest BCUT2D eigenvalue weighted by Crippen LogP contribution is -2.00. The fourth-order valence-corrected chi connectivity index (χ4v) is 2.68. The topological polar surface area (TPSA) is 64.8 Å². The van der Waals surface area contributed by atoms with E-state index in [-0.39, 0.29) is 4.90 Å². The van der Waals surface area contributed by atoms with Gasteiger partial charge in [0.2, 0.25) is 0 Å². The average Bonchev–Trinajstić information content (AvgIpc) is 2.97. The summed E-state index contributed by atoms with van der Waals surface area (Å²) in [6, 6.07) is 16.3. The van der Waals surface area contributed by atoms with Crippen molar-refractivity contribution < 1.29 is 8.42 Å². The lowest BCUT2D eigenvalue weighted by molar-refractivity contribution is 0.602. The Hall–Kier alpha value is -2.47. The molecule has 0 fully saturated rings. The van der Waals surface area contributed by atoms with Gasteiger partial charge in [0.05, 0.1) is 10.6 Å². The second-order valence-corrected chi connectivity index (χ2v) is 6.64. The van der Waals surface area contributed by atoms with Gasteiger partial charge in [-0.25, -0.2) is 18.1 Å². The van der Waals surface area contributed by atoms with E-state index in [9.17, 15) is 8.42 Å². The van der Waals surface area contributed by atoms with Crippen LogP contribution in [0.4, 0.5) is 0 Å². The molecular formula is C15H13N3O2S. The van der Waals surface area contributed by atoms with Crippen LogP contribution in [-0.2, 0) is 9.84 Å². The number of hydrogen-bond acceptors (Lipinski definition) is 4. The zero-order valence-corrected chi connectivity index (χ0v) is 12.2. The van der Waals surface area contributed by atoms with Gasteiger partial charge in [-0.2, -0.15) is 5.10 Å². The summed E-state index contributed by atoms with van der Waals surface area (Å²) in [5, 5.41) is 4.22. The quantitative estimate of drug-likeness (QED) is 0.744. The van der Waals surface area contributed by atoms with E-state index in [0.717, 1.165) is 11.3 Å². The fraction of sp³-hybridized carbons (Fsp3) is 0.0667. The summed E-state index contributed by atoms with van der Waals surface area (Å²) in [6.45, 7) is 0. The summed E-state index contributed by atoms with van der Waals surface area (Å²) in [5.41, 5.74) is 1.71. The third kappa shape index (κ3) is 2.71. The molecule has 0 bridgehead atoms. The molecule has 106 valence electrons. The first-order chi connectivity index (χ1) is 10.1. The Morgan fingerprint density at radius 3 is 2.24 bits per heavy atom. The van der Waals surface area contributed by atoms with Gasteiger partial charge in [0.1, 0.15) is 6.33 Å². The number of benzene rings is 2. The SMILES string of the molecule is CS(=O)(=O)c1ccc(-c2ncnn2-c2ccccc2)cc1. The smallest absolute Gasteiger partial charge is 0.175 e. The minimum atomic E-state index is -3.19. The predicted molar refractivity (Wildman–Crippen MR) is 79.9 cm³/mol. The molecule has 0 amide bonds. The van der Waals surface area contributed by atoms with Gasteiger partial charge in [-0.05, 0) is 36.4 Å². The lowest BCUT2D eigenvalue weighted by atomic mass is 10.2. The molecule has 6 heteroatoms. The number of para-hydroxylation sites is 1. The molecule has 0 unspecified atom stereocenters. The molecule has 0 aliphatic rings. The maximum absolute atomic E-state index is 11.5. The molecule has 0 atom stereocenters. The summed E-state index contributed by atoms with van der Waals surface area (Å²) in [7, 11) is -3.19. The zero-order valence-electron chi connectivity index (χ0n) is 11.3. The molecule has 0 radical (unpaired) electrons. The van der Waals surface area contributed by atoms with Gasteiger partial charge >= 0.3 is 0 Å². The molecule has 0 spiro atoms. The molecule has 0 aliphatic heterocycles. The highest BCUT2D eigenvalue weighted by molar-refractivity contribution is 7.90. The van der Waals surface area contributed by atoms with Crippen LogP contribution in [0.5, 0.6) is 0 Å². The van der Waals surface area contributed by atoms with Crippen molar-refractivity contribution in [3.05, 3.63) is 60.9 Å². The van der Waals surface area contributed by atoms with Crippen molar-refractivity contribution in [2.75, 3.05) is 6.26 Å². The van der Waals surface area contributed by atoms with Crippen LogP contribution in [0.2, 0.25) is 0 Å². The van der Waals surface area contributed by atoms with Crippen LogP contribution in [-0.4, -0.2) is 29.4 Å². The Bertz CT molecular complexity index is 853. The van der Waals surface area contributed by atoms with Crippen LogP contribution in [0, 0.1) is 0 Å². The van der Waals surface area contributed by atoms with Crippen molar-refractivity contribution in [1.29, 1.82) is 0 Å². The molecule has 0 saturated carbocycles. The van der Waals surface area contributed by atoms with E-state index >= 15 is 0 Å². The first kappa shape index (κ1) is 13.5. The Morgan fingerprint density at radius 2 is 1.62 bits per heavy atom. The maximum Gasteiger partial charge on any atom is 0.175 e. The first-order valence-electron chi connectivity index (χ1n) is 6.31. The fourth-order valence-electron chi connectivity index (χ4n) is 2.05. The van der Waals surface area contributed by atoms with Crippen molar-refractivity contribution in [2.45, 2.75) is 4.90 Å². The lowest BCUT2D eigenvalue weighted by Gasteiger charge is -2.06. The van der Waals surface area contributed by atoms with Gasteiger partial charge in [0.15, 0.2) is 15.7 Å². The Labute approximate surface area is 122 Å². The van der Waals surface area contributed by atoms with Crippen LogP contribution in [0.3, 0.4) is 0 Å². The number of sulfone groups is 1. The molecule has 0 aliphatic carbocycles. The third-order valence-electron chi connectivity index (χ3n) is 3.09. The van der Waals surface area contributed by atoms with Crippen molar-refractivity contribution in [2.24, 2.45) is 0 Å². The Kier molecular flexibility index (Phi) is 3.31. The minimum Gasteiger partial charge on any atom is -0.224 e. The van der Waals surface area contributed by atoms with Crippen molar-refractivity contribution >= 4 is 9.84 Å². The molecule has 0 N–H and O–H groups in total. The largest absolute Gasteiger partial charge is 0.224 e.